The Hall–Kier alpha value is -0.710. The molecule has 5 heteroatoms. The van der Waals surface area contributed by atoms with Crippen LogP contribution in [-0.2, 0) is 0 Å². The molecule has 0 saturated carbocycles. The lowest BCUT2D eigenvalue weighted by Crippen LogP contribution is -2.43. The minimum absolute atomic E-state index is 0. The van der Waals surface area contributed by atoms with Gasteiger partial charge in [0.2, 0.25) is 0 Å². The van der Waals surface area contributed by atoms with Crippen LogP contribution in [0, 0.1) is 18.6 Å². The van der Waals surface area contributed by atoms with E-state index in [2.05, 4.69) is 10.6 Å². The van der Waals surface area contributed by atoms with E-state index in [9.17, 15) is 8.78 Å². The van der Waals surface area contributed by atoms with E-state index in [0.29, 0.717) is 17.7 Å². The van der Waals surface area contributed by atoms with Crippen molar-refractivity contribution < 1.29 is 8.78 Å². The van der Waals surface area contributed by atoms with Crippen molar-refractivity contribution in [2.75, 3.05) is 19.6 Å². The van der Waals surface area contributed by atoms with E-state index >= 15 is 0 Å². The number of nitrogens with one attached hydrogen (secondary N) is 2. The lowest BCUT2D eigenvalue weighted by Gasteiger charge is -2.25. The topological polar surface area (TPSA) is 24.1 Å². The summed E-state index contributed by atoms with van der Waals surface area (Å²) in [5, 5.41) is 6.30. The Balaban J connectivity index is 0.00000128. The minimum atomic E-state index is -0.736. The Morgan fingerprint density at radius 1 is 1.19 bits per heavy atom. The minimum Gasteiger partial charge on any atom is -0.314 e. The summed E-state index contributed by atoms with van der Waals surface area (Å²) >= 11 is 0. The quantitative estimate of drug-likeness (QED) is 0.794. The fraction of sp³-hybridized carbons (Fsp3) is 0.455. The molecule has 2 nitrogen and oxygen atoms in total. The van der Waals surface area contributed by atoms with Gasteiger partial charge in [0.25, 0.3) is 0 Å². The standard InChI is InChI=1S/C11H14F2N2.ClH/c1-7-2-3-8(11(13)10(7)12)9-6-14-4-5-15-9;/h2-3,9,14-15H,4-6H2,1H3;1H/t9-;/m1./s1. The monoisotopic (exact) mass is 248 g/mol. The van der Waals surface area contributed by atoms with Crippen LogP contribution in [0.4, 0.5) is 8.78 Å². The second-order valence-electron chi connectivity index (χ2n) is 3.81. The maximum Gasteiger partial charge on any atom is 0.163 e. The highest BCUT2D eigenvalue weighted by molar-refractivity contribution is 5.85. The van der Waals surface area contributed by atoms with Crippen LogP contribution in [0.15, 0.2) is 12.1 Å². The zero-order valence-corrected chi connectivity index (χ0v) is 9.83. The summed E-state index contributed by atoms with van der Waals surface area (Å²) in [5.74, 6) is -1.46. The van der Waals surface area contributed by atoms with Crippen LogP contribution in [0.2, 0.25) is 0 Å². The average molecular weight is 249 g/mol. The summed E-state index contributed by atoms with van der Waals surface area (Å²) in [6.07, 6.45) is 0. The summed E-state index contributed by atoms with van der Waals surface area (Å²) < 4.78 is 26.9. The molecule has 0 bridgehead atoms. The third-order valence-electron chi connectivity index (χ3n) is 2.72. The molecule has 90 valence electrons. The van der Waals surface area contributed by atoms with E-state index in [-0.39, 0.29) is 18.4 Å². The van der Waals surface area contributed by atoms with E-state index < -0.39 is 11.6 Å². The molecule has 0 aromatic heterocycles. The smallest absolute Gasteiger partial charge is 0.163 e. The molecule has 1 aromatic carbocycles. The first-order valence-corrected chi connectivity index (χ1v) is 5.08. The molecule has 0 spiro atoms. The van der Waals surface area contributed by atoms with Crippen molar-refractivity contribution in [1.82, 2.24) is 10.6 Å². The SMILES string of the molecule is Cc1ccc([C@H]2CNCCN2)c(F)c1F.Cl. The van der Waals surface area contributed by atoms with Gasteiger partial charge in [-0.05, 0) is 12.5 Å². The molecule has 0 aliphatic carbocycles. The van der Waals surface area contributed by atoms with Gasteiger partial charge >= 0.3 is 0 Å². The largest absolute Gasteiger partial charge is 0.314 e. The maximum atomic E-state index is 13.6. The number of rotatable bonds is 1. The molecule has 16 heavy (non-hydrogen) atoms. The molecule has 1 fully saturated rings. The molecule has 1 heterocycles. The molecular formula is C11H15ClF2N2. The van der Waals surface area contributed by atoms with Gasteiger partial charge in [-0.15, -0.1) is 12.4 Å². The predicted molar refractivity (Wildman–Crippen MR) is 62.0 cm³/mol. The third-order valence-corrected chi connectivity index (χ3v) is 2.72. The number of hydrogen-bond acceptors (Lipinski definition) is 2. The molecule has 0 unspecified atom stereocenters. The fourth-order valence-corrected chi connectivity index (χ4v) is 1.80. The van der Waals surface area contributed by atoms with Crippen molar-refractivity contribution in [2.24, 2.45) is 0 Å². The summed E-state index contributed by atoms with van der Waals surface area (Å²) in [6, 6.07) is 3.14. The van der Waals surface area contributed by atoms with Crippen LogP contribution < -0.4 is 10.6 Å². The first-order chi connectivity index (χ1) is 7.20. The summed E-state index contributed by atoms with van der Waals surface area (Å²) in [5.41, 5.74) is 0.755. The van der Waals surface area contributed by atoms with Crippen LogP contribution >= 0.6 is 12.4 Å². The van der Waals surface area contributed by atoms with Crippen molar-refractivity contribution in [2.45, 2.75) is 13.0 Å². The molecule has 0 amide bonds. The van der Waals surface area contributed by atoms with E-state index in [4.69, 9.17) is 0 Å². The molecule has 2 rings (SSSR count). The predicted octanol–water partition coefficient (Wildman–Crippen LogP) is 1.93. The zero-order chi connectivity index (χ0) is 10.8. The van der Waals surface area contributed by atoms with Gasteiger partial charge in [0.05, 0.1) is 0 Å². The van der Waals surface area contributed by atoms with Gasteiger partial charge in [-0.25, -0.2) is 8.78 Å². The van der Waals surface area contributed by atoms with Crippen molar-refractivity contribution in [3.05, 3.63) is 34.9 Å². The number of benzene rings is 1. The number of halogens is 3. The van der Waals surface area contributed by atoms with Crippen LogP contribution in [0.5, 0.6) is 0 Å². The molecule has 0 radical (unpaired) electrons. The first-order valence-electron chi connectivity index (χ1n) is 5.08. The summed E-state index contributed by atoms with van der Waals surface area (Å²) in [6.45, 7) is 3.85. The second-order valence-corrected chi connectivity index (χ2v) is 3.81. The highest BCUT2D eigenvalue weighted by atomic mass is 35.5. The average Bonchev–Trinajstić information content (AvgIpc) is 2.27. The van der Waals surface area contributed by atoms with E-state index in [1.165, 1.54) is 0 Å². The lowest BCUT2D eigenvalue weighted by molar-refractivity contribution is 0.405. The normalized spacial score (nSPS) is 20.3. The van der Waals surface area contributed by atoms with Crippen LogP contribution in [0.25, 0.3) is 0 Å². The Labute approximate surface area is 99.8 Å². The van der Waals surface area contributed by atoms with Gasteiger partial charge in [0.1, 0.15) is 0 Å². The molecular weight excluding hydrogens is 234 g/mol. The fourth-order valence-electron chi connectivity index (χ4n) is 1.80. The van der Waals surface area contributed by atoms with Crippen molar-refractivity contribution in [3.63, 3.8) is 0 Å². The van der Waals surface area contributed by atoms with Crippen molar-refractivity contribution >= 4 is 12.4 Å². The molecule has 2 N–H and O–H groups in total. The van der Waals surface area contributed by atoms with Crippen LogP contribution in [-0.4, -0.2) is 19.6 Å². The summed E-state index contributed by atoms with van der Waals surface area (Å²) in [7, 11) is 0. The molecule has 1 saturated heterocycles. The number of aryl methyl sites for hydroxylation is 1. The Morgan fingerprint density at radius 2 is 1.94 bits per heavy atom. The maximum absolute atomic E-state index is 13.6. The van der Waals surface area contributed by atoms with E-state index in [1.54, 1.807) is 19.1 Å². The highest BCUT2D eigenvalue weighted by Gasteiger charge is 2.20. The van der Waals surface area contributed by atoms with Crippen LogP contribution in [0.3, 0.4) is 0 Å². The third kappa shape index (κ3) is 2.51. The zero-order valence-electron chi connectivity index (χ0n) is 9.02. The van der Waals surface area contributed by atoms with E-state index in [1.807, 2.05) is 0 Å². The Kier molecular flexibility index (Phi) is 4.65. The van der Waals surface area contributed by atoms with Gasteiger partial charge in [0.15, 0.2) is 11.6 Å². The van der Waals surface area contributed by atoms with Gasteiger partial charge < -0.3 is 10.6 Å². The first kappa shape index (κ1) is 13.4. The van der Waals surface area contributed by atoms with Gasteiger partial charge in [-0.3, -0.25) is 0 Å². The summed E-state index contributed by atoms with van der Waals surface area (Å²) in [4.78, 5) is 0. The number of piperazine rings is 1. The Bertz CT molecular complexity index is 365. The number of hydrogen-bond donors (Lipinski definition) is 2. The van der Waals surface area contributed by atoms with Gasteiger partial charge in [0, 0.05) is 31.2 Å². The highest BCUT2D eigenvalue weighted by Crippen LogP contribution is 2.22. The van der Waals surface area contributed by atoms with Crippen molar-refractivity contribution in [1.29, 1.82) is 0 Å². The lowest BCUT2D eigenvalue weighted by atomic mass is 10.0. The molecule has 1 aliphatic heterocycles. The van der Waals surface area contributed by atoms with Gasteiger partial charge in [-0.1, -0.05) is 12.1 Å². The molecule has 1 atom stereocenters. The van der Waals surface area contributed by atoms with Gasteiger partial charge in [-0.2, -0.15) is 0 Å². The second kappa shape index (κ2) is 5.57. The van der Waals surface area contributed by atoms with E-state index in [0.717, 1.165) is 13.1 Å². The molecule has 1 aliphatic rings. The van der Waals surface area contributed by atoms with Crippen molar-refractivity contribution in [3.8, 4) is 0 Å². The molecule has 1 aromatic rings. The van der Waals surface area contributed by atoms with Crippen LogP contribution in [0.1, 0.15) is 17.2 Å². The Morgan fingerprint density at radius 3 is 2.56 bits per heavy atom.